The SMILES string of the molecule is CN(C)c1ccc2c(c1)OC(N)=C(C#N)C2c1ccc2ccccc2c1. The quantitative estimate of drug-likeness (QED) is 0.761. The van der Waals surface area contributed by atoms with Crippen LogP contribution in [0.25, 0.3) is 10.8 Å². The van der Waals surface area contributed by atoms with Gasteiger partial charge in [0.1, 0.15) is 17.4 Å². The van der Waals surface area contributed by atoms with E-state index in [-0.39, 0.29) is 11.8 Å². The Labute approximate surface area is 152 Å². The highest BCUT2D eigenvalue weighted by Gasteiger charge is 2.30. The van der Waals surface area contributed by atoms with Gasteiger partial charge in [0.15, 0.2) is 0 Å². The molecular formula is C22H19N3O. The molecule has 1 heterocycles. The number of anilines is 1. The molecule has 4 rings (SSSR count). The van der Waals surface area contributed by atoms with Crippen molar-refractivity contribution in [3.05, 3.63) is 83.2 Å². The minimum absolute atomic E-state index is 0.175. The largest absolute Gasteiger partial charge is 0.440 e. The number of rotatable bonds is 2. The van der Waals surface area contributed by atoms with Crippen molar-refractivity contribution in [3.8, 4) is 11.8 Å². The van der Waals surface area contributed by atoms with Crippen LogP contribution in [0.3, 0.4) is 0 Å². The average molecular weight is 341 g/mol. The molecule has 3 aromatic rings. The van der Waals surface area contributed by atoms with Gasteiger partial charge >= 0.3 is 0 Å². The summed E-state index contributed by atoms with van der Waals surface area (Å²) < 4.78 is 5.77. The first-order chi connectivity index (χ1) is 12.6. The fourth-order valence-corrected chi connectivity index (χ4v) is 3.45. The second-order valence-electron chi connectivity index (χ2n) is 6.65. The highest BCUT2D eigenvalue weighted by molar-refractivity contribution is 5.83. The zero-order valence-corrected chi connectivity index (χ0v) is 14.7. The van der Waals surface area contributed by atoms with E-state index in [1.807, 2.05) is 49.3 Å². The van der Waals surface area contributed by atoms with Gasteiger partial charge in [-0.25, -0.2) is 0 Å². The summed E-state index contributed by atoms with van der Waals surface area (Å²) in [5.74, 6) is 0.643. The number of nitrogens with two attached hydrogens (primary N) is 1. The monoisotopic (exact) mass is 341 g/mol. The highest BCUT2D eigenvalue weighted by atomic mass is 16.5. The van der Waals surface area contributed by atoms with Crippen LogP contribution in [0, 0.1) is 11.3 Å². The molecule has 1 atom stereocenters. The van der Waals surface area contributed by atoms with Crippen LogP contribution in [0.1, 0.15) is 17.0 Å². The van der Waals surface area contributed by atoms with Crippen LogP contribution < -0.4 is 15.4 Å². The zero-order valence-electron chi connectivity index (χ0n) is 14.7. The Bertz CT molecular complexity index is 1080. The Balaban J connectivity index is 1.91. The molecule has 0 bridgehead atoms. The second kappa shape index (κ2) is 6.12. The minimum Gasteiger partial charge on any atom is -0.440 e. The number of hydrogen-bond donors (Lipinski definition) is 1. The lowest BCUT2D eigenvalue weighted by Crippen LogP contribution is -2.21. The maximum Gasteiger partial charge on any atom is 0.205 e. The van der Waals surface area contributed by atoms with Gasteiger partial charge in [-0.3, -0.25) is 0 Å². The summed E-state index contributed by atoms with van der Waals surface area (Å²) in [6.07, 6.45) is 0. The van der Waals surface area contributed by atoms with Crippen molar-refractivity contribution in [2.24, 2.45) is 5.73 Å². The second-order valence-corrected chi connectivity index (χ2v) is 6.65. The van der Waals surface area contributed by atoms with Gasteiger partial charge in [0.2, 0.25) is 5.88 Å². The molecule has 4 nitrogen and oxygen atoms in total. The molecule has 1 aliphatic rings. The van der Waals surface area contributed by atoms with Gasteiger partial charge in [-0.15, -0.1) is 0 Å². The van der Waals surface area contributed by atoms with Crippen molar-refractivity contribution in [2.45, 2.75) is 5.92 Å². The molecule has 0 aromatic heterocycles. The summed E-state index contributed by atoms with van der Waals surface area (Å²) in [5, 5.41) is 12.0. The summed E-state index contributed by atoms with van der Waals surface area (Å²) in [5.41, 5.74) is 9.55. The molecule has 128 valence electrons. The smallest absolute Gasteiger partial charge is 0.205 e. The van der Waals surface area contributed by atoms with Crippen molar-refractivity contribution < 1.29 is 4.74 Å². The summed E-state index contributed by atoms with van der Waals surface area (Å²) in [7, 11) is 3.95. The maximum atomic E-state index is 9.70. The molecule has 0 radical (unpaired) electrons. The van der Waals surface area contributed by atoms with Crippen LogP contribution in [0.15, 0.2) is 72.1 Å². The first kappa shape index (κ1) is 16.0. The molecule has 2 N–H and O–H groups in total. The van der Waals surface area contributed by atoms with E-state index >= 15 is 0 Å². The molecule has 0 aliphatic carbocycles. The van der Waals surface area contributed by atoms with Crippen molar-refractivity contribution >= 4 is 16.5 Å². The van der Waals surface area contributed by atoms with Crippen LogP contribution in [0.4, 0.5) is 5.69 Å². The molecule has 0 saturated heterocycles. The van der Waals surface area contributed by atoms with Gasteiger partial charge in [0, 0.05) is 31.4 Å². The lowest BCUT2D eigenvalue weighted by atomic mass is 9.83. The number of fused-ring (bicyclic) bond motifs is 2. The number of nitrogens with zero attached hydrogens (tertiary/aromatic N) is 2. The van der Waals surface area contributed by atoms with Crippen LogP contribution in [0.5, 0.6) is 5.75 Å². The Kier molecular flexibility index (Phi) is 3.78. The van der Waals surface area contributed by atoms with Crippen LogP contribution in [-0.2, 0) is 0 Å². The van der Waals surface area contributed by atoms with Crippen LogP contribution in [-0.4, -0.2) is 14.1 Å². The maximum absolute atomic E-state index is 9.70. The van der Waals surface area contributed by atoms with E-state index in [0.717, 1.165) is 22.2 Å². The van der Waals surface area contributed by atoms with E-state index in [9.17, 15) is 5.26 Å². The van der Waals surface area contributed by atoms with Crippen molar-refractivity contribution in [3.63, 3.8) is 0 Å². The van der Waals surface area contributed by atoms with E-state index in [1.165, 1.54) is 5.39 Å². The number of nitriles is 1. The number of hydrogen-bond acceptors (Lipinski definition) is 4. The average Bonchev–Trinajstić information content (AvgIpc) is 2.66. The van der Waals surface area contributed by atoms with Crippen LogP contribution >= 0.6 is 0 Å². The van der Waals surface area contributed by atoms with Crippen molar-refractivity contribution in [1.29, 1.82) is 5.26 Å². The van der Waals surface area contributed by atoms with Gasteiger partial charge in [-0.2, -0.15) is 5.26 Å². The molecule has 1 aliphatic heterocycles. The summed E-state index contributed by atoms with van der Waals surface area (Å²) >= 11 is 0. The number of benzene rings is 3. The molecule has 0 spiro atoms. The Morgan fingerprint density at radius 2 is 1.77 bits per heavy atom. The topological polar surface area (TPSA) is 62.3 Å². The van der Waals surface area contributed by atoms with E-state index in [2.05, 4.69) is 36.4 Å². The molecule has 3 aromatic carbocycles. The van der Waals surface area contributed by atoms with Gasteiger partial charge in [0.25, 0.3) is 0 Å². The fourth-order valence-electron chi connectivity index (χ4n) is 3.45. The van der Waals surface area contributed by atoms with E-state index in [4.69, 9.17) is 10.5 Å². The third-order valence-corrected chi connectivity index (χ3v) is 4.83. The summed E-state index contributed by atoms with van der Waals surface area (Å²) in [4.78, 5) is 2.01. The van der Waals surface area contributed by atoms with E-state index < -0.39 is 0 Å². The van der Waals surface area contributed by atoms with Gasteiger partial charge in [-0.1, -0.05) is 48.5 Å². The molecule has 1 unspecified atom stereocenters. The van der Waals surface area contributed by atoms with Crippen LogP contribution in [0.2, 0.25) is 0 Å². The third kappa shape index (κ3) is 2.55. The Morgan fingerprint density at radius 1 is 1.00 bits per heavy atom. The summed E-state index contributed by atoms with van der Waals surface area (Å²) in [6.45, 7) is 0. The first-order valence-corrected chi connectivity index (χ1v) is 8.46. The summed E-state index contributed by atoms with van der Waals surface area (Å²) in [6, 6.07) is 22.7. The molecule has 0 amide bonds. The van der Waals surface area contributed by atoms with Gasteiger partial charge in [0.05, 0.1) is 5.92 Å². The Morgan fingerprint density at radius 3 is 2.50 bits per heavy atom. The highest BCUT2D eigenvalue weighted by Crippen LogP contribution is 2.43. The molecular weight excluding hydrogens is 322 g/mol. The third-order valence-electron chi connectivity index (χ3n) is 4.83. The molecule has 26 heavy (non-hydrogen) atoms. The number of ether oxygens (including phenoxy) is 1. The van der Waals surface area contributed by atoms with E-state index in [1.54, 1.807) is 0 Å². The lowest BCUT2D eigenvalue weighted by molar-refractivity contribution is 0.394. The Hall–Kier alpha value is -3.45. The molecule has 4 heteroatoms. The first-order valence-electron chi connectivity index (χ1n) is 8.46. The lowest BCUT2D eigenvalue weighted by Gasteiger charge is -2.28. The molecule has 0 fully saturated rings. The minimum atomic E-state index is -0.232. The predicted molar refractivity (Wildman–Crippen MR) is 104 cm³/mol. The predicted octanol–water partition coefficient (Wildman–Crippen LogP) is 4.12. The fraction of sp³-hybridized carbons (Fsp3) is 0.136. The normalized spacial score (nSPS) is 16.0. The zero-order chi connectivity index (χ0) is 18.3. The van der Waals surface area contributed by atoms with Gasteiger partial charge < -0.3 is 15.4 Å². The van der Waals surface area contributed by atoms with Crippen molar-refractivity contribution in [1.82, 2.24) is 0 Å². The standard InChI is InChI=1S/C22H19N3O/c1-25(2)17-9-10-18-20(12-17)26-22(24)19(13-23)21(18)16-8-7-14-5-3-4-6-15(14)11-16/h3-12,21H,24H2,1-2H3. The molecule has 0 saturated carbocycles. The van der Waals surface area contributed by atoms with E-state index in [0.29, 0.717) is 11.3 Å². The van der Waals surface area contributed by atoms with Gasteiger partial charge in [-0.05, 0) is 22.4 Å². The van der Waals surface area contributed by atoms with Crippen molar-refractivity contribution in [2.75, 3.05) is 19.0 Å². The number of allylic oxidation sites excluding steroid dienone is 1.